The predicted molar refractivity (Wildman–Crippen MR) is 161 cm³/mol. The van der Waals surface area contributed by atoms with Crippen molar-refractivity contribution in [2.75, 3.05) is 19.1 Å². The van der Waals surface area contributed by atoms with Crippen LogP contribution in [-0.4, -0.2) is 42.0 Å². The van der Waals surface area contributed by atoms with Crippen molar-refractivity contribution >= 4 is 64.0 Å². The number of thiocarbonyl (C=S) groups is 1. The third kappa shape index (κ3) is 8.88. The lowest BCUT2D eigenvalue weighted by atomic mass is 9.66. The van der Waals surface area contributed by atoms with Crippen molar-refractivity contribution in [3.8, 4) is 0 Å². The molecule has 1 aliphatic rings. The number of rotatable bonds is 14. The Labute approximate surface area is 240 Å². The molecule has 37 heavy (non-hydrogen) atoms. The number of esters is 1. The number of methoxy groups -OCH3 is 1. The lowest BCUT2D eigenvalue weighted by molar-refractivity contribution is -0.142. The van der Waals surface area contributed by atoms with Crippen LogP contribution >= 0.6 is 47.2 Å². The Morgan fingerprint density at radius 1 is 1.27 bits per heavy atom. The van der Waals surface area contributed by atoms with Crippen LogP contribution in [0.1, 0.15) is 62.2 Å². The van der Waals surface area contributed by atoms with Crippen LogP contribution in [-0.2, 0) is 9.53 Å². The minimum Gasteiger partial charge on any atom is -0.467 e. The molecular weight excluding hydrogens is 547 g/mol. The van der Waals surface area contributed by atoms with Gasteiger partial charge in [-0.05, 0) is 67.9 Å². The van der Waals surface area contributed by atoms with Crippen LogP contribution in [0, 0.1) is 5.41 Å². The molecule has 1 atom stereocenters. The van der Waals surface area contributed by atoms with Crippen LogP contribution < -0.4 is 10.6 Å². The number of hydrogen-bond acceptors (Lipinski definition) is 5. The van der Waals surface area contributed by atoms with Crippen LogP contribution in [0.25, 0.3) is 0 Å². The number of halogens is 2. The number of thioether (sulfide) groups is 1. The molecule has 9 heteroatoms. The highest BCUT2D eigenvalue weighted by molar-refractivity contribution is 7.98. The van der Waals surface area contributed by atoms with Crippen molar-refractivity contribution < 1.29 is 14.3 Å². The Morgan fingerprint density at radius 3 is 2.46 bits per heavy atom. The molecule has 1 amide bonds. The molecule has 0 spiro atoms. The summed E-state index contributed by atoms with van der Waals surface area (Å²) in [5, 5.41) is 6.74. The predicted octanol–water partition coefficient (Wildman–Crippen LogP) is 7.29. The summed E-state index contributed by atoms with van der Waals surface area (Å²) in [5.74, 6) is 0.332. The average Bonchev–Trinajstić information content (AvgIpc) is 2.85. The smallest absolute Gasteiger partial charge is 0.328 e. The first-order chi connectivity index (χ1) is 17.7. The second-order valence-electron chi connectivity index (χ2n) is 9.03. The van der Waals surface area contributed by atoms with Crippen LogP contribution in [0.15, 0.2) is 54.3 Å². The van der Waals surface area contributed by atoms with Crippen LogP contribution in [0.4, 0.5) is 0 Å². The largest absolute Gasteiger partial charge is 0.467 e. The fourth-order valence-corrected chi connectivity index (χ4v) is 5.68. The summed E-state index contributed by atoms with van der Waals surface area (Å²) < 4.78 is 5.07. The van der Waals surface area contributed by atoms with E-state index in [0.29, 0.717) is 18.5 Å². The van der Waals surface area contributed by atoms with Gasteiger partial charge in [0.1, 0.15) is 6.04 Å². The molecule has 1 aliphatic carbocycles. The van der Waals surface area contributed by atoms with Gasteiger partial charge in [-0.25, -0.2) is 4.79 Å². The molecule has 1 saturated carbocycles. The number of hydrogen-bond donors (Lipinski definition) is 2. The Bertz CT molecular complexity index is 1030. The first-order valence-electron chi connectivity index (χ1n) is 12.4. The van der Waals surface area contributed by atoms with Crippen LogP contribution in [0.2, 0.25) is 10.0 Å². The topological polar surface area (TPSA) is 67.4 Å². The molecule has 2 N–H and O–H groups in total. The fourth-order valence-electron chi connectivity index (χ4n) is 4.23. The van der Waals surface area contributed by atoms with Gasteiger partial charge in [0.15, 0.2) is 0 Å². The van der Waals surface area contributed by atoms with Crippen molar-refractivity contribution in [2.45, 2.75) is 57.9 Å². The zero-order valence-corrected chi connectivity index (χ0v) is 24.8. The van der Waals surface area contributed by atoms with Gasteiger partial charge in [-0.1, -0.05) is 73.6 Å². The number of carbonyl (C=O) groups excluding carboxylic acids is 2. The van der Waals surface area contributed by atoms with E-state index in [1.54, 1.807) is 30.4 Å². The van der Waals surface area contributed by atoms with Gasteiger partial charge in [-0.15, -0.1) is 0 Å². The molecule has 2 rings (SSSR count). The maximum absolute atomic E-state index is 12.8. The second kappa shape index (κ2) is 15.6. The molecule has 0 heterocycles. The van der Waals surface area contributed by atoms with E-state index in [2.05, 4.69) is 23.5 Å². The highest BCUT2D eigenvalue weighted by Crippen LogP contribution is 2.46. The zero-order valence-electron chi connectivity index (χ0n) is 21.7. The molecule has 5 nitrogen and oxygen atoms in total. The summed E-state index contributed by atoms with van der Waals surface area (Å²) >= 11 is 20.0. The van der Waals surface area contributed by atoms with Gasteiger partial charge in [-0.3, -0.25) is 4.79 Å². The summed E-state index contributed by atoms with van der Waals surface area (Å²) in [4.78, 5) is 26.2. The Kier molecular flexibility index (Phi) is 13.2. The van der Waals surface area contributed by atoms with Gasteiger partial charge in [0, 0.05) is 17.5 Å². The van der Waals surface area contributed by atoms with E-state index < -0.39 is 6.04 Å². The molecule has 1 unspecified atom stereocenters. The van der Waals surface area contributed by atoms with E-state index in [1.165, 1.54) is 7.11 Å². The van der Waals surface area contributed by atoms with Crippen molar-refractivity contribution in [1.29, 1.82) is 0 Å². The SMILES string of the molecule is C=C/C(=C\C=C(\CC)NC(=O)c1c(Cl)cccc1Cl)CC(NC(=S)C1(CCCSC)CCC1)C(=O)OC. The van der Waals surface area contributed by atoms with E-state index in [0.717, 1.165) is 48.4 Å². The number of ether oxygens (including phenoxy) is 1. The standard InChI is InChI=1S/C28H36Cl2N2O3S2/c1-5-19(12-13-20(6-2)31-25(33)24-21(29)10-7-11-22(24)30)18-23(26(34)35-3)32-27(36)28(14-8-15-28)16-9-17-37-4/h5,7,10-13,23H,1,6,8-9,14-18H2,2-4H3,(H,31,33)(H,32,36)/b19-12+,20-13-. The molecule has 202 valence electrons. The zero-order chi connectivity index (χ0) is 27.4. The fraction of sp³-hybridized carbons (Fsp3) is 0.464. The van der Waals surface area contributed by atoms with E-state index in [4.69, 9.17) is 40.2 Å². The first-order valence-corrected chi connectivity index (χ1v) is 14.9. The number of amides is 1. The van der Waals surface area contributed by atoms with Crippen molar-refractivity contribution in [3.05, 3.63) is 69.9 Å². The summed E-state index contributed by atoms with van der Waals surface area (Å²) in [7, 11) is 1.37. The average molecular weight is 584 g/mol. The quantitative estimate of drug-likeness (QED) is 0.104. The summed E-state index contributed by atoms with van der Waals surface area (Å²) in [6, 6.07) is 4.29. The number of allylic oxidation sites excluding steroid dienone is 4. The lowest BCUT2D eigenvalue weighted by Gasteiger charge is -2.43. The molecule has 0 aromatic heterocycles. The third-order valence-electron chi connectivity index (χ3n) is 6.63. The molecular formula is C28H36Cl2N2O3S2. The Hall–Kier alpha value is -1.80. The maximum atomic E-state index is 12.8. The third-order valence-corrected chi connectivity index (χ3v) is 8.51. The Morgan fingerprint density at radius 2 is 1.95 bits per heavy atom. The van der Waals surface area contributed by atoms with Crippen molar-refractivity contribution in [2.24, 2.45) is 5.41 Å². The molecule has 0 radical (unpaired) electrons. The minimum atomic E-state index is -0.630. The van der Waals surface area contributed by atoms with Gasteiger partial charge < -0.3 is 15.4 Å². The molecule has 1 aromatic rings. The number of carbonyl (C=O) groups is 2. The van der Waals surface area contributed by atoms with Crippen molar-refractivity contribution in [3.63, 3.8) is 0 Å². The van der Waals surface area contributed by atoms with Gasteiger partial charge in [0.05, 0.1) is 27.7 Å². The Balaban J connectivity index is 2.16. The highest BCUT2D eigenvalue weighted by Gasteiger charge is 2.41. The van der Waals surface area contributed by atoms with E-state index in [9.17, 15) is 9.59 Å². The normalized spacial score (nSPS) is 15.8. The van der Waals surface area contributed by atoms with Gasteiger partial charge >= 0.3 is 5.97 Å². The van der Waals surface area contributed by atoms with Crippen LogP contribution in [0.3, 0.4) is 0 Å². The van der Waals surface area contributed by atoms with E-state index in [-0.39, 0.29) is 32.9 Å². The first kappa shape index (κ1) is 31.4. The summed E-state index contributed by atoms with van der Waals surface area (Å²) in [6.07, 6.45) is 13.7. The lowest BCUT2D eigenvalue weighted by Crippen LogP contribution is -2.50. The molecule has 0 aliphatic heterocycles. The van der Waals surface area contributed by atoms with E-state index >= 15 is 0 Å². The molecule has 0 saturated heterocycles. The minimum absolute atomic E-state index is 0.0328. The van der Waals surface area contributed by atoms with Gasteiger partial charge in [0.25, 0.3) is 5.91 Å². The van der Waals surface area contributed by atoms with Crippen molar-refractivity contribution in [1.82, 2.24) is 10.6 Å². The molecule has 0 bridgehead atoms. The second-order valence-corrected chi connectivity index (χ2v) is 11.2. The van der Waals surface area contributed by atoms with Gasteiger partial charge in [0.2, 0.25) is 0 Å². The monoisotopic (exact) mass is 582 g/mol. The van der Waals surface area contributed by atoms with E-state index in [1.807, 2.05) is 24.8 Å². The highest BCUT2D eigenvalue weighted by atomic mass is 35.5. The molecule has 1 aromatic carbocycles. The number of nitrogens with one attached hydrogen (secondary N) is 2. The van der Waals surface area contributed by atoms with Gasteiger partial charge in [-0.2, -0.15) is 11.8 Å². The summed E-state index contributed by atoms with van der Waals surface area (Å²) in [5.41, 5.74) is 1.66. The maximum Gasteiger partial charge on any atom is 0.328 e. The van der Waals surface area contributed by atoms with Crippen LogP contribution in [0.5, 0.6) is 0 Å². The summed E-state index contributed by atoms with van der Waals surface area (Å²) in [6.45, 7) is 5.83. The number of benzene rings is 1. The molecule has 1 fully saturated rings.